The number of alkyl halides is 6. The van der Waals surface area contributed by atoms with E-state index in [-0.39, 0.29) is 17.6 Å². The van der Waals surface area contributed by atoms with Crippen LogP contribution in [0.2, 0.25) is 0 Å². The molecule has 212 valence electrons. The second-order valence-corrected chi connectivity index (χ2v) is 8.15. The molecule has 1 aromatic heterocycles. The zero-order chi connectivity index (χ0) is 29.6. The number of para-hydroxylation sites is 1. The van der Waals surface area contributed by atoms with Gasteiger partial charge in [0, 0.05) is 22.9 Å². The van der Waals surface area contributed by atoms with Crippen LogP contribution in [0.15, 0.2) is 83.0 Å². The second kappa shape index (κ2) is 12.0. The van der Waals surface area contributed by atoms with Gasteiger partial charge in [0.25, 0.3) is 0 Å². The van der Waals surface area contributed by atoms with E-state index in [1.54, 1.807) is 30.3 Å². The van der Waals surface area contributed by atoms with Crippen molar-refractivity contribution in [3.05, 3.63) is 107 Å². The second-order valence-electron chi connectivity index (χ2n) is 8.15. The van der Waals surface area contributed by atoms with Crippen molar-refractivity contribution in [1.29, 1.82) is 0 Å². The molecule has 3 aromatic carbocycles. The highest BCUT2D eigenvalue weighted by Crippen LogP contribution is 2.33. The maximum Gasteiger partial charge on any atom is 0.417 e. The number of anilines is 4. The van der Waals surface area contributed by atoms with Crippen molar-refractivity contribution in [1.82, 2.24) is 9.97 Å². The lowest BCUT2D eigenvalue weighted by Gasteiger charge is -2.11. The van der Waals surface area contributed by atoms with Crippen LogP contribution in [-0.4, -0.2) is 22.4 Å². The van der Waals surface area contributed by atoms with Gasteiger partial charge in [0.15, 0.2) is 5.82 Å². The Kier molecular flexibility index (Phi) is 8.45. The summed E-state index contributed by atoms with van der Waals surface area (Å²) >= 11 is 0. The summed E-state index contributed by atoms with van der Waals surface area (Å²) in [5, 5.41) is 10.4. The molecule has 0 unspecified atom stereocenters. The minimum Gasteiger partial charge on any atom is -0.340 e. The molecule has 4 rings (SSSR count). The van der Waals surface area contributed by atoms with Crippen LogP contribution >= 0.6 is 0 Å². The highest BCUT2D eigenvalue weighted by Gasteiger charge is 2.34. The first-order valence-electron chi connectivity index (χ1n) is 11.4. The standard InChI is InChI=1S/C26H17F8N7/c27-17-8-6-15(20(10-17)25(29,30)31)13-35-40-23-12-22(37-19-4-2-1-3-5-19)38-24(39-23)41-36-14-16-7-9-18(28)11-21(16)26(32,33)34/h1-14H,(H3,37,38,39,40,41). The van der Waals surface area contributed by atoms with Crippen LogP contribution < -0.4 is 16.2 Å². The molecule has 0 saturated carbocycles. The van der Waals surface area contributed by atoms with Gasteiger partial charge in [0.2, 0.25) is 5.95 Å². The minimum atomic E-state index is -4.84. The van der Waals surface area contributed by atoms with E-state index < -0.39 is 46.2 Å². The smallest absolute Gasteiger partial charge is 0.340 e. The van der Waals surface area contributed by atoms with Crippen LogP contribution in [-0.2, 0) is 12.4 Å². The first-order chi connectivity index (χ1) is 19.4. The first-order valence-corrected chi connectivity index (χ1v) is 11.4. The Morgan fingerprint density at radius 3 is 1.66 bits per heavy atom. The van der Waals surface area contributed by atoms with Crippen LogP contribution in [0.5, 0.6) is 0 Å². The van der Waals surface area contributed by atoms with E-state index in [0.29, 0.717) is 17.8 Å². The molecular formula is C26H17F8N7. The molecule has 3 N–H and O–H groups in total. The number of halogens is 8. The third kappa shape index (κ3) is 7.97. The number of hydrogen-bond acceptors (Lipinski definition) is 7. The largest absolute Gasteiger partial charge is 0.417 e. The van der Waals surface area contributed by atoms with Crippen LogP contribution in [0.3, 0.4) is 0 Å². The monoisotopic (exact) mass is 579 g/mol. The SMILES string of the molecule is Fc1ccc(C=NNc2cc(Nc3ccccc3)nc(NN=Cc3ccc(F)cc3C(F)(F)F)n2)c(C(F)(F)F)c1. The first kappa shape index (κ1) is 28.9. The minimum absolute atomic E-state index is 0.0548. The highest BCUT2D eigenvalue weighted by atomic mass is 19.4. The molecule has 7 nitrogen and oxygen atoms in total. The number of nitrogens with zero attached hydrogens (tertiary/aromatic N) is 4. The fourth-order valence-corrected chi connectivity index (χ4v) is 3.39. The fourth-order valence-electron chi connectivity index (χ4n) is 3.39. The molecule has 0 aliphatic rings. The van der Waals surface area contributed by atoms with Gasteiger partial charge in [-0.05, 0) is 48.5 Å². The van der Waals surface area contributed by atoms with E-state index in [0.717, 1.165) is 36.7 Å². The van der Waals surface area contributed by atoms with E-state index in [2.05, 4.69) is 36.3 Å². The van der Waals surface area contributed by atoms with Gasteiger partial charge in [-0.3, -0.25) is 5.43 Å². The van der Waals surface area contributed by atoms with Crippen molar-refractivity contribution in [2.45, 2.75) is 12.4 Å². The molecule has 1 heterocycles. The number of hydrogen-bond donors (Lipinski definition) is 3. The number of aromatic nitrogens is 2. The van der Waals surface area contributed by atoms with E-state index in [9.17, 15) is 35.1 Å². The predicted octanol–water partition coefficient (Wildman–Crippen LogP) is 7.43. The molecular weight excluding hydrogens is 562 g/mol. The van der Waals surface area contributed by atoms with E-state index in [1.165, 1.54) is 6.07 Å². The molecule has 0 fully saturated rings. The summed E-state index contributed by atoms with van der Waals surface area (Å²) in [5.41, 5.74) is 2.03. The molecule has 4 aromatic rings. The molecule has 0 amide bonds. The molecule has 0 spiro atoms. The lowest BCUT2D eigenvalue weighted by atomic mass is 10.1. The Labute approximate surface area is 226 Å². The molecule has 0 saturated heterocycles. The van der Waals surface area contributed by atoms with E-state index in [4.69, 9.17) is 0 Å². The number of hydrazone groups is 2. The quantitative estimate of drug-likeness (QED) is 0.115. The zero-order valence-corrected chi connectivity index (χ0v) is 20.4. The Balaban J connectivity index is 1.60. The summed E-state index contributed by atoms with van der Waals surface area (Å²) in [4.78, 5) is 8.20. The molecule has 0 atom stereocenters. The zero-order valence-electron chi connectivity index (χ0n) is 20.4. The van der Waals surface area contributed by atoms with Gasteiger partial charge in [0.1, 0.15) is 17.5 Å². The van der Waals surface area contributed by atoms with E-state index >= 15 is 0 Å². The maximum atomic E-state index is 13.4. The lowest BCUT2D eigenvalue weighted by molar-refractivity contribution is -0.138. The van der Waals surface area contributed by atoms with Gasteiger partial charge < -0.3 is 5.32 Å². The summed E-state index contributed by atoms with van der Waals surface area (Å²) in [6.45, 7) is 0. The van der Waals surface area contributed by atoms with Crippen LogP contribution in [0, 0.1) is 11.6 Å². The van der Waals surface area contributed by atoms with Gasteiger partial charge in [-0.25, -0.2) is 14.2 Å². The summed E-state index contributed by atoms with van der Waals surface area (Å²) in [6, 6.07) is 14.1. The van der Waals surface area contributed by atoms with Crippen molar-refractivity contribution < 1.29 is 35.1 Å². The Morgan fingerprint density at radius 1 is 0.610 bits per heavy atom. The topological polar surface area (TPSA) is 86.6 Å². The molecule has 15 heteroatoms. The molecule has 0 radical (unpaired) electrons. The van der Waals surface area contributed by atoms with Gasteiger partial charge in [-0.2, -0.15) is 46.5 Å². The third-order valence-corrected chi connectivity index (χ3v) is 5.16. The average Bonchev–Trinajstić information content (AvgIpc) is 2.90. The summed E-state index contributed by atoms with van der Waals surface area (Å²) < 4.78 is 106. The van der Waals surface area contributed by atoms with Gasteiger partial charge >= 0.3 is 12.4 Å². The van der Waals surface area contributed by atoms with Crippen molar-refractivity contribution in [3.8, 4) is 0 Å². The van der Waals surface area contributed by atoms with Gasteiger partial charge in [0.05, 0.1) is 23.6 Å². The highest BCUT2D eigenvalue weighted by molar-refractivity contribution is 5.83. The Morgan fingerprint density at radius 2 is 1.12 bits per heavy atom. The summed E-state index contributed by atoms with van der Waals surface area (Å²) in [7, 11) is 0. The lowest BCUT2D eigenvalue weighted by Crippen LogP contribution is -2.10. The van der Waals surface area contributed by atoms with Crippen molar-refractivity contribution in [3.63, 3.8) is 0 Å². The number of nitrogens with one attached hydrogen (secondary N) is 3. The van der Waals surface area contributed by atoms with Gasteiger partial charge in [-0.1, -0.05) is 18.2 Å². The van der Waals surface area contributed by atoms with Crippen molar-refractivity contribution >= 4 is 35.7 Å². The summed E-state index contributed by atoms with van der Waals surface area (Å²) in [5.74, 6) is -2.30. The van der Waals surface area contributed by atoms with Crippen molar-refractivity contribution in [2.75, 3.05) is 16.2 Å². The van der Waals surface area contributed by atoms with Gasteiger partial charge in [-0.15, -0.1) is 0 Å². The van der Waals surface area contributed by atoms with Crippen LogP contribution in [0.4, 0.5) is 58.4 Å². The Hall–Kier alpha value is -5.08. The van der Waals surface area contributed by atoms with Crippen LogP contribution in [0.25, 0.3) is 0 Å². The predicted molar refractivity (Wildman–Crippen MR) is 137 cm³/mol. The summed E-state index contributed by atoms with van der Waals surface area (Å²) in [6.07, 6.45) is -8.07. The molecule has 0 aliphatic heterocycles. The van der Waals surface area contributed by atoms with E-state index in [1.807, 2.05) is 0 Å². The number of rotatable bonds is 8. The number of benzene rings is 3. The van der Waals surface area contributed by atoms with Crippen LogP contribution in [0.1, 0.15) is 22.3 Å². The normalized spacial score (nSPS) is 12.2. The molecule has 41 heavy (non-hydrogen) atoms. The maximum absolute atomic E-state index is 13.4. The van der Waals surface area contributed by atoms with Crippen molar-refractivity contribution in [2.24, 2.45) is 10.2 Å². The average molecular weight is 579 g/mol. The molecule has 0 aliphatic carbocycles. The molecule has 0 bridgehead atoms. The fraction of sp³-hybridized carbons (Fsp3) is 0.0769. The third-order valence-electron chi connectivity index (χ3n) is 5.16. The Bertz CT molecular complexity index is 1480.